The SMILES string of the molecule is CC1CC(CN)CN1C(=O)c1ccc2[nH]ccc2c1. The van der Waals surface area contributed by atoms with Gasteiger partial charge < -0.3 is 15.6 Å². The summed E-state index contributed by atoms with van der Waals surface area (Å²) >= 11 is 0. The van der Waals surface area contributed by atoms with Crippen LogP contribution in [-0.4, -0.2) is 34.9 Å². The maximum atomic E-state index is 12.6. The Morgan fingerprint density at radius 2 is 2.32 bits per heavy atom. The zero-order chi connectivity index (χ0) is 13.4. The van der Waals surface area contributed by atoms with Gasteiger partial charge in [0, 0.05) is 35.2 Å². The smallest absolute Gasteiger partial charge is 0.254 e. The zero-order valence-electron chi connectivity index (χ0n) is 11.1. The van der Waals surface area contributed by atoms with E-state index in [0.29, 0.717) is 12.5 Å². The van der Waals surface area contributed by atoms with Gasteiger partial charge in [0.1, 0.15) is 0 Å². The molecular weight excluding hydrogens is 238 g/mol. The lowest BCUT2D eigenvalue weighted by molar-refractivity contribution is 0.0743. The number of nitrogens with two attached hydrogens (primary N) is 1. The Bertz CT molecular complexity index is 604. The Kier molecular flexibility index (Phi) is 3.03. The first kappa shape index (κ1) is 12.2. The fourth-order valence-electron chi connectivity index (χ4n) is 2.95. The molecule has 1 aliphatic rings. The predicted octanol–water partition coefficient (Wildman–Crippen LogP) is 1.98. The topological polar surface area (TPSA) is 62.1 Å². The first-order chi connectivity index (χ1) is 9.19. The Morgan fingerprint density at radius 1 is 1.47 bits per heavy atom. The molecule has 2 heterocycles. The molecule has 2 unspecified atom stereocenters. The van der Waals surface area contributed by atoms with Crippen molar-refractivity contribution in [2.45, 2.75) is 19.4 Å². The van der Waals surface area contributed by atoms with Crippen LogP contribution in [0, 0.1) is 5.92 Å². The highest BCUT2D eigenvalue weighted by Gasteiger charge is 2.32. The summed E-state index contributed by atoms with van der Waals surface area (Å²) in [6.45, 7) is 3.54. The average Bonchev–Trinajstić information content (AvgIpc) is 3.02. The third-order valence-electron chi connectivity index (χ3n) is 4.06. The number of nitrogens with one attached hydrogen (secondary N) is 1. The summed E-state index contributed by atoms with van der Waals surface area (Å²) in [6.07, 6.45) is 2.90. The van der Waals surface area contributed by atoms with Crippen LogP contribution < -0.4 is 5.73 Å². The molecule has 0 spiro atoms. The van der Waals surface area contributed by atoms with Crippen molar-refractivity contribution in [3.8, 4) is 0 Å². The number of H-pyrrole nitrogens is 1. The number of hydrogen-bond donors (Lipinski definition) is 2. The van der Waals surface area contributed by atoms with Crippen LogP contribution in [0.5, 0.6) is 0 Å². The lowest BCUT2D eigenvalue weighted by atomic mass is 10.1. The van der Waals surface area contributed by atoms with E-state index >= 15 is 0 Å². The molecule has 100 valence electrons. The number of rotatable bonds is 2. The van der Waals surface area contributed by atoms with Crippen LogP contribution in [0.1, 0.15) is 23.7 Å². The Labute approximate surface area is 112 Å². The standard InChI is InChI=1S/C15H19N3O/c1-10-6-11(8-16)9-18(10)15(19)13-2-3-14-12(7-13)4-5-17-14/h2-5,7,10-11,17H,6,8-9,16H2,1H3. The Morgan fingerprint density at radius 3 is 3.05 bits per heavy atom. The van der Waals surface area contributed by atoms with Crippen LogP contribution in [0.25, 0.3) is 10.9 Å². The molecule has 4 nitrogen and oxygen atoms in total. The van der Waals surface area contributed by atoms with E-state index in [-0.39, 0.29) is 11.9 Å². The second-order valence-electron chi connectivity index (χ2n) is 5.42. The molecule has 1 aromatic heterocycles. The minimum atomic E-state index is 0.117. The molecule has 0 aliphatic carbocycles. The summed E-state index contributed by atoms with van der Waals surface area (Å²) in [6, 6.07) is 8.08. The van der Waals surface area contributed by atoms with Gasteiger partial charge in [0.25, 0.3) is 5.91 Å². The minimum absolute atomic E-state index is 0.117. The average molecular weight is 257 g/mol. The summed E-state index contributed by atoms with van der Waals surface area (Å²) in [5, 5.41) is 1.08. The van der Waals surface area contributed by atoms with E-state index in [1.54, 1.807) is 0 Å². The van der Waals surface area contributed by atoms with E-state index in [9.17, 15) is 4.79 Å². The maximum absolute atomic E-state index is 12.6. The molecule has 4 heteroatoms. The molecule has 1 aliphatic heterocycles. The summed E-state index contributed by atoms with van der Waals surface area (Å²) in [5.74, 6) is 0.557. The molecular formula is C15H19N3O. The number of carbonyl (C=O) groups is 1. The van der Waals surface area contributed by atoms with Gasteiger partial charge in [-0.1, -0.05) is 0 Å². The third-order valence-corrected chi connectivity index (χ3v) is 4.06. The molecule has 0 radical (unpaired) electrons. The van der Waals surface area contributed by atoms with E-state index < -0.39 is 0 Å². The molecule has 0 bridgehead atoms. The normalized spacial score (nSPS) is 23.2. The van der Waals surface area contributed by atoms with Gasteiger partial charge in [-0.2, -0.15) is 0 Å². The lowest BCUT2D eigenvalue weighted by Gasteiger charge is -2.21. The van der Waals surface area contributed by atoms with Crippen molar-refractivity contribution < 1.29 is 4.79 Å². The zero-order valence-corrected chi connectivity index (χ0v) is 11.1. The van der Waals surface area contributed by atoms with Crippen LogP contribution in [0.15, 0.2) is 30.5 Å². The molecule has 1 fully saturated rings. The van der Waals surface area contributed by atoms with Gasteiger partial charge in [0.2, 0.25) is 0 Å². The number of benzene rings is 1. The molecule has 3 rings (SSSR count). The number of nitrogens with zero attached hydrogens (tertiary/aromatic N) is 1. The Balaban J connectivity index is 1.87. The number of fused-ring (bicyclic) bond motifs is 1. The first-order valence-electron chi connectivity index (χ1n) is 6.77. The van der Waals surface area contributed by atoms with E-state index in [1.807, 2.05) is 35.4 Å². The number of aromatic nitrogens is 1. The third kappa shape index (κ3) is 2.12. The fourth-order valence-corrected chi connectivity index (χ4v) is 2.95. The molecule has 1 saturated heterocycles. The minimum Gasteiger partial charge on any atom is -0.361 e. The van der Waals surface area contributed by atoms with Crippen LogP contribution in [-0.2, 0) is 0 Å². The van der Waals surface area contributed by atoms with Crippen molar-refractivity contribution >= 4 is 16.8 Å². The van der Waals surface area contributed by atoms with Crippen LogP contribution in [0.4, 0.5) is 0 Å². The molecule has 1 amide bonds. The van der Waals surface area contributed by atoms with Gasteiger partial charge in [-0.3, -0.25) is 4.79 Å². The summed E-state index contributed by atoms with van der Waals surface area (Å²) in [5.41, 5.74) is 7.54. The van der Waals surface area contributed by atoms with Gasteiger partial charge in [0.05, 0.1) is 0 Å². The van der Waals surface area contributed by atoms with Gasteiger partial charge in [-0.15, -0.1) is 0 Å². The second kappa shape index (κ2) is 4.70. The predicted molar refractivity (Wildman–Crippen MR) is 76.0 cm³/mol. The highest BCUT2D eigenvalue weighted by Crippen LogP contribution is 2.25. The van der Waals surface area contributed by atoms with Gasteiger partial charge in [0.15, 0.2) is 0 Å². The van der Waals surface area contributed by atoms with Crippen LogP contribution in [0.2, 0.25) is 0 Å². The van der Waals surface area contributed by atoms with Crippen molar-refractivity contribution in [3.05, 3.63) is 36.0 Å². The Hall–Kier alpha value is -1.81. The first-order valence-corrected chi connectivity index (χ1v) is 6.77. The number of amides is 1. The highest BCUT2D eigenvalue weighted by atomic mass is 16.2. The van der Waals surface area contributed by atoms with E-state index in [4.69, 9.17) is 5.73 Å². The van der Waals surface area contributed by atoms with Crippen molar-refractivity contribution in [1.29, 1.82) is 0 Å². The monoisotopic (exact) mass is 257 g/mol. The van der Waals surface area contributed by atoms with E-state index in [0.717, 1.165) is 29.4 Å². The molecule has 3 N–H and O–H groups in total. The molecule has 2 atom stereocenters. The van der Waals surface area contributed by atoms with Crippen LogP contribution in [0.3, 0.4) is 0 Å². The summed E-state index contributed by atoms with van der Waals surface area (Å²) in [7, 11) is 0. The fraction of sp³-hybridized carbons (Fsp3) is 0.400. The maximum Gasteiger partial charge on any atom is 0.254 e. The van der Waals surface area contributed by atoms with Crippen molar-refractivity contribution in [1.82, 2.24) is 9.88 Å². The molecule has 2 aromatic rings. The van der Waals surface area contributed by atoms with E-state index in [1.165, 1.54) is 0 Å². The van der Waals surface area contributed by atoms with Crippen molar-refractivity contribution in [2.75, 3.05) is 13.1 Å². The molecule has 19 heavy (non-hydrogen) atoms. The highest BCUT2D eigenvalue weighted by molar-refractivity contribution is 5.98. The number of aromatic amines is 1. The number of carbonyl (C=O) groups excluding carboxylic acids is 1. The quantitative estimate of drug-likeness (QED) is 0.864. The van der Waals surface area contributed by atoms with Crippen molar-refractivity contribution in [2.24, 2.45) is 11.7 Å². The summed E-state index contributed by atoms with van der Waals surface area (Å²) < 4.78 is 0. The number of likely N-dealkylation sites (tertiary alicyclic amines) is 1. The largest absolute Gasteiger partial charge is 0.361 e. The van der Waals surface area contributed by atoms with Gasteiger partial charge in [-0.25, -0.2) is 0 Å². The van der Waals surface area contributed by atoms with E-state index in [2.05, 4.69) is 11.9 Å². The lowest BCUT2D eigenvalue weighted by Crippen LogP contribution is -2.34. The second-order valence-corrected chi connectivity index (χ2v) is 5.42. The summed E-state index contributed by atoms with van der Waals surface area (Å²) in [4.78, 5) is 17.6. The van der Waals surface area contributed by atoms with Crippen molar-refractivity contribution in [3.63, 3.8) is 0 Å². The number of hydrogen-bond acceptors (Lipinski definition) is 2. The van der Waals surface area contributed by atoms with Crippen LogP contribution >= 0.6 is 0 Å². The van der Waals surface area contributed by atoms with Gasteiger partial charge in [-0.05, 0) is 50.1 Å². The van der Waals surface area contributed by atoms with Gasteiger partial charge >= 0.3 is 0 Å². The molecule has 0 saturated carbocycles. The molecule has 1 aromatic carbocycles.